The van der Waals surface area contributed by atoms with Crippen LogP contribution in [0.5, 0.6) is 5.75 Å². The zero-order valence-corrected chi connectivity index (χ0v) is 15.4. The van der Waals surface area contributed by atoms with Gasteiger partial charge in [-0.05, 0) is 43.8 Å². The van der Waals surface area contributed by atoms with Crippen molar-refractivity contribution in [3.8, 4) is 5.75 Å². The summed E-state index contributed by atoms with van der Waals surface area (Å²) in [6, 6.07) is 13.0. The molecule has 1 N–H and O–H groups in total. The molecule has 0 radical (unpaired) electrons. The van der Waals surface area contributed by atoms with Crippen molar-refractivity contribution in [2.45, 2.75) is 13.0 Å². The molecular weight excluding hydrogens is 347 g/mol. The van der Waals surface area contributed by atoms with Crippen LogP contribution < -0.4 is 10.1 Å². The fraction of sp³-hybridized carbons (Fsp3) is 0.278. The van der Waals surface area contributed by atoms with Gasteiger partial charge in [-0.1, -0.05) is 41.4 Å². The Bertz CT molecular complexity index is 705. The van der Waals surface area contributed by atoms with Gasteiger partial charge in [0.15, 0.2) is 0 Å². The second kappa shape index (κ2) is 8.38. The Kier molecular flexibility index (Phi) is 6.49. The summed E-state index contributed by atoms with van der Waals surface area (Å²) < 4.78 is 5.16. The highest BCUT2D eigenvalue weighted by atomic mass is 35.5. The van der Waals surface area contributed by atoms with Crippen LogP contribution in [0.15, 0.2) is 42.5 Å². The predicted molar refractivity (Wildman–Crippen MR) is 99.1 cm³/mol. The summed E-state index contributed by atoms with van der Waals surface area (Å²) in [6.07, 6.45) is 0. The van der Waals surface area contributed by atoms with E-state index in [0.29, 0.717) is 15.7 Å². The molecule has 0 aliphatic rings. The Hall–Kier alpha value is -1.75. The molecule has 24 heavy (non-hydrogen) atoms. The number of likely N-dealkylation sites (N-methyl/N-ethyl adjacent to an activating group) is 1. The molecule has 1 unspecified atom stereocenters. The SMILES string of the molecule is COc1ccc(C(C)N(C)CC(=O)Nc2cccc(Cl)c2Cl)cc1. The van der Waals surface area contributed by atoms with Crippen molar-refractivity contribution in [1.82, 2.24) is 4.90 Å². The van der Waals surface area contributed by atoms with Crippen molar-refractivity contribution < 1.29 is 9.53 Å². The molecule has 0 aliphatic heterocycles. The number of ether oxygens (including phenoxy) is 1. The van der Waals surface area contributed by atoms with Crippen LogP contribution in [0.1, 0.15) is 18.5 Å². The topological polar surface area (TPSA) is 41.6 Å². The Morgan fingerprint density at radius 2 is 1.88 bits per heavy atom. The number of nitrogens with one attached hydrogen (secondary N) is 1. The molecule has 0 bridgehead atoms. The van der Waals surface area contributed by atoms with Crippen LogP contribution in [0.2, 0.25) is 10.0 Å². The minimum atomic E-state index is -0.151. The Balaban J connectivity index is 1.98. The highest BCUT2D eigenvalue weighted by Gasteiger charge is 2.16. The normalized spacial score (nSPS) is 12.1. The average Bonchev–Trinajstić information content (AvgIpc) is 2.58. The number of rotatable bonds is 6. The van der Waals surface area contributed by atoms with Gasteiger partial charge in [0.25, 0.3) is 0 Å². The molecule has 0 saturated carbocycles. The van der Waals surface area contributed by atoms with Crippen LogP contribution in [0.4, 0.5) is 5.69 Å². The standard InChI is InChI=1S/C18H20Cl2N2O2/c1-12(13-7-9-14(24-3)10-8-13)22(2)11-17(23)21-16-6-4-5-15(19)18(16)20/h4-10,12H,11H2,1-3H3,(H,21,23). The van der Waals surface area contributed by atoms with E-state index in [1.54, 1.807) is 25.3 Å². The number of benzene rings is 2. The number of anilines is 1. The van der Waals surface area contributed by atoms with E-state index in [1.807, 2.05) is 43.1 Å². The number of carbonyl (C=O) groups is 1. The molecule has 0 aromatic heterocycles. The summed E-state index contributed by atoms with van der Waals surface area (Å²) in [5.74, 6) is 0.656. The van der Waals surface area contributed by atoms with Crippen LogP contribution in [-0.2, 0) is 4.79 Å². The fourth-order valence-corrected chi connectivity index (χ4v) is 2.64. The van der Waals surface area contributed by atoms with Gasteiger partial charge in [0.05, 0.1) is 29.4 Å². The van der Waals surface area contributed by atoms with Crippen LogP contribution in [0.25, 0.3) is 0 Å². The van der Waals surface area contributed by atoms with Crippen molar-refractivity contribution >= 4 is 34.8 Å². The number of amides is 1. The molecule has 0 spiro atoms. The van der Waals surface area contributed by atoms with Crippen LogP contribution >= 0.6 is 23.2 Å². The Labute approximate surface area is 152 Å². The summed E-state index contributed by atoms with van der Waals surface area (Å²) >= 11 is 12.0. The minimum absolute atomic E-state index is 0.0801. The first-order chi connectivity index (χ1) is 11.4. The lowest BCUT2D eigenvalue weighted by Crippen LogP contribution is -2.32. The third-order valence-corrected chi connectivity index (χ3v) is 4.70. The Morgan fingerprint density at radius 1 is 1.21 bits per heavy atom. The zero-order valence-electron chi connectivity index (χ0n) is 13.8. The molecule has 6 heteroatoms. The molecule has 4 nitrogen and oxygen atoms in total. The van der Waals surface area contributed by atoms with Crippen LogP contribution in [0, 0.1) is 0 Å². The maximum absolute atomic E-state index is 12.2. The van der Waals surface area contributed by atoms with Gasteiger partial charge in [0.2, 0.25) is 5.91 Å². The summed E-state index contributed by atoms with van der Waals surface area (Å²) in [6.45, 7) is 2.28. The third kappa shape index (κ3) is 4.63. The number of methoxy groups -OCH3 is 1. The summed E-state index contributed by atoms with van der Waals surface area (Å²) in [7, 11) is 3.53. The van der Waals surface area contributed by atoms with Gasteiger partial charge in [0, 0.05) is 6.04 Å². The maximum atomic E-state index is 12.2. The molecule has 128 valence electrons. The van der Waals surface area contributed by atoms with Crippen molar-refractivity contribution in [1.29, 1.82) is 0 Å². The summed E-state index contributed by atoms with van der Waals surface area (Å²) in [4.78, 5) is 14.2. The van der Waals surface area contributed by atoms with Crippen LogP contribution in [0.3, 0.4) is 0 Å². The van der Waals surface area contributed by atoms with Gasteiger partial charge < -0.3 is 10.1 Å². The van der Waals surface area contributed by atoms with E-state index >= 15 is 0 Å². The van der Waals surface area contributed by atoms with E-state index in [1.165, 1.54) is 0 Å². The monoisotopic (exact) mass is 366 g/mol. The molecular formula is C18H20Cl2N2O2. The molecule has 1 atom stereocenters. The van der Waals surface area contributed by atoms with Gasteiger partial charge in [-0.25, -0.2) is 0 Å². The number of nitrogens with zero attached hydrogens (tertiary/aromatic N) is 1. The lowest BCUT2D eigenvalue weighted by molar-refractivity contribution is -0.117. The molecule has 0 heterocycles. The lowest BCUT2D eigenvalue weighted by Gasteiger charge is -2.24. The lowest BCUT2D eigenvalue weighted by atomic mass is 10.1. The molecule has 0 saturated heterocycles. The first-order valence-electron chi connectivity index (χ1n) is 7.50. The van der Waals surface area contributed by atoms with Crippen molar-refractivity contribution in [3.05, 3.63) is 58.1 Å². The van der Waals surface area contributed by atoms with Gasteiger partial charge in [-0.2, -0.15) is 0 Å². The summed E-state index contributed by atoms with van der Waals surface area (Å²) in [5, 5.41) is 3.55. The van der Waals surface area contributed by atoms with E-state index in [0.717, 1.165) is 11.3 Å². The molecule has 2 aromatic carbocycles. The minimum Gasteiger partial charge on any atom is -0.497 e. The Morgan fingerprint density at radius 3 is 2.50 bits per heavy atom. The van der Waals surface area contributed by atoms with Gasteiger partial charge >= 0.3 is 0 Å². The van der Waals surface area contributed by atoms with E-state index in [4.69, 9.17) is 27.9 Å². The number of hydrogen-bond donors (Lipinski definition) is 1. The molecule has 2 rings (SSSR count). The summed E-state index contributed by atoms with van der Waals surface area (Å²) in [5.41, 5.74) is 1.62. The predicted octanol–water partition coefficient (Wildman–Crippen LogP) is 4.63. The number of carbonyl (C=O) groups excluding carboxylic acids is 1. The van der Waals surface area contributed by atoms with Crippen molar-refractivity contribution in [2.24, 2.45) is 0 Å². The second-order valence-corrected chi connectivity index (χ2v) is 6.30. The molecule has 2 aromatic rings. The van der Waals surface area contributed by atoms with E-state index in [2.05, 4.69) is 5.32 Å². The number of hydrogen-bond acceptors (Lipinski definition) is 3. The van der Waals surface area contributed by atoms with Crippen LogP contribution in [-0.4, -0.2) is 31.5 Å². The maximum Gasteiger partial charge on any atom is 0.238 e. The van der Waals surface area contributed by atoms with Gasteiger partial charge in [-0.3, -0.25) is 9.69 Å². The highest BCUT2D eigenvalue weighted by molar-refractivity contribution is 6.43. The van der Waals surface area contributed by atoms with Gasteiger partial charge in [0.1, 0.15) is 5.75 Å². The van der Waals surface area contributed by atoms with E-state index < -0.39 is 0 Å². The largest absolute Gasteiger partial charge is 0.497 e. The second-order valence-electron chi connectivity index (χ2n) is 5.51. The zero-order chi connectivity index (χ0) is 17.7. The molecule has 0 aliphatic carbocycles. The quantitative estimate of drug-likeness (QED) is 0.809. The third-order valence-electron chi connectivity index (χ3n) is 3.88. The van der Waals surface area contributed by atoms with Crippen molar-refractivity contribution in [3.63, 3.8) is 0 Å². The molecule has 0 fully saturated rings. The first kappa shape index (κ1) is 18.6. The van der Waals surface area contributed by atoms with E-state index in [9.17, 15) is 4.79 Å². The molecule has 1 amide bonds. The average molecular weight is 367 g/mol. The van der Waals surface area contributed by atoms with Gasteiger partial charge in [-0.15, -0.1) is 0 Å². The first-order valence-corrected chi connectivity index (χ1v) is 8.26. The fourth-order valence-electron chi connectivity index (χ4n) is 2.29. The highest BCUT2D eigenvalue weighted by Crippen LogP contribution is 2.29. The van der Waals surface area contributed by atoms with E-state index in [-0.39, 0.29) is 18.5 Å². The number of halogens is 2. The van der Waals surface area contributed by atoms with Crippen molar-refractivity contribution in [2.75, 3.05) is 26.0 Å². The smallest absolute Gasteiger partial charge is 0.238 e.